The largest absolute Gasteiger partial charge is 0.304 e. The zero-order valence-electron chi connectivity index (χ0n) is 16.1. The van der Waals surface area contributed by atoms with Crippen molar-refractivity contribution in [2.45, 2.75) is 6.67 Å². The second kappa shape index (κ2) is 6.93. The van der Waals surface area contributed by atoms with E-state index in [2.05, 4.69) is 45.6 Å². The van der Waals surface area contributed by atoms with Crippen molar-refractivity contribution in [3.8, 4) is 11.3 Å². The number of piperazine rings is 1. The second-order valence-electron chi connectivity index (χ2n) is 7.59. The number of hydrogen-bond acceptors (Lipinski definition) is 3. The predicted octanol–water partition coefficient (Wildman–Crippen LogP) is 3.13. The van der Waals surface area contributed by atoms with E-state index < -0.39 is 0 Å². The van der Waals surface area contributed by atoms with Crippen LogP contribution in [0.5, 0.6) is 0 Å². The average molecular weight is 372 g/mol. The third kappa shape index (κ3) is 2.84. The molecule has 0 bridgehead atoms. The van der Waals surface area contributed by atoms with E-state index in [1.807, 2.05) is 47.1 Å². The van der Waals surface area contributed by atoms with Crippen LogP contribution in [0.15, 0.2) is 71.5 Å². The van der Waals surface area contributed by atoms with Crippen molar-refractivity contribution < 1.29 is 0 Å². The van der Waals surface area contributed by atoms with Gasteiger partial charge in [0.05, 0.1) is 23.3 Å². The Labute approximate surface area is 164 Å². The molecule has 0 radical (unpaired) electrons. The zero-order chi connectivity index (χ0) is 19.1. The van der Waals surface area contributed by atoms with Gasteiger partial charge in [-0.1, -0.05) is 48.5 Å². The quantitative estimate of drug-likeness (QED) is 0.554. The number of rotatable bonds is 3. The van der Waals surface area contributed by atoms with Crippen LogP contribution < -0.4 is 5.56 Å². The summed E-state index contributed by atoms with van der Waals surface area (Å²) in [5.41, 5.74) is 3.30. The van der Waals surface area contributed by atoms with Gasteiger partial charge >= 0.3 is 0 Å². The first-order valence-corrected chi connectivity index (χ1v) is 9.82. The minimum absolute atomic E-state index is 0.0652. The molecule has 4 aromatic rings. The number of likely N-dealkylation sites (N-methyl/N-ethyl adjacent to an activating group) is 1. The smallest absolute Gasteiger partial charge is 0.274 e. The zero-order valence-corrected chi connectivity index (χ0v) is 16.1. The summed E-state index contributed by atoms with van der Waals surface area (Å²) in [5, 5.41) is 1.78. The Bertz CT molecular complexity index is 1180. The van der Waals surface area contributed by atoms with Gasteiger partial charge in [-0.05, 0) is 25.2 Å². The molecule has 1 aliphatic rings. The van der Waals surface area contributed by atoms with Crippen LogP contribution in [-0.2, 0) is 6.67 Å². The molecule has 0 saturated carbocycles. The first-order valence-electron chi connectivity index (χ1n) is 9.82. The van der Waals surface area contributed by atoms with Gasteiger partial charge in [-0.15, -0.1) is 0 Å². The fourth-order valence-corrected chi connectivity index (χ4v) is 4.15. The van der Waals surface area contributed by atoms with Gasteiger partial charge in [0.2, 0.25) is 0 Å². The topological polar surface area (TPSA) is 32.9 Å². The van der Waals surface area contributed by atoms with E-state index in [0.29, 0.717) is 6.67 Å². The van der Waals surface area contributed by atoms with E-state index >= 15 is 0 Å². The highest BCUT2D eigenvalue weighted by molar-refractivity contribution is 5.96. The molecule has 142 valence electrons. The molecule has 2 aromatic heterocycles. The van der Waals surface area contributed by atoms with Crippen LogP contribution in [0.1, 0.15) is 0 Å². The lowest BCUT2D eigenvalue weighted by Crippen LogP contribution is -2.47. The predicted molar refractivity (Wildman–Crippen MR) is 114 cm³/mol. The summed E-state index contributed by atoms with van der Waals surface area (Å²) in [7, 11) is 2.15. The summed E-state index contributed by atoms with van der Waals surface area (Å²) >= 11 is 0. The van der Waals surface area contributed by atoms with Crippen molar-refractivity contribution in [2.75, 3.05) is 33.2 Å². The number of hydrogen-bond donors (Lipinski definition) is 0. The first kappa shape index (κ1) is 17.2. The summed E-state index contributed by atoms with van der Waals surface area (Å²) in [6.45, 7) is 4.60. The van der Waals surface area contributed by atoms with Crippen molar-refractivity contribution >= 4 is 16.3 Å². The molecule has 1 saturated heterocycles. The maximum absolute atomic E-state index is 13.5. The molecule has 0 aliphatic carbocycles. The number of fused-ring (bicyclic) bond motifs is 3. The molecule has 5 nitrogen and oxygen atoms in total. The Morgan fingerprint density at radius 3 is 2.21 bits per heavy atom. The van der Waals surface area contributed by atoms with Gasteiger partial charge in [0.1, 0.15) is 0 Å². The SMILES string of the molecule is CN1CCN(Cn2c(=O)c3ccccc3c3ccc(-c4ccccc4)n32)CC1. The second-order valence-corrected chi connectivity index (χ2v) is 7.59. The summed E-state index contributed by atoms with van der Waals surface area (Å²) in [5.74, 6) is 0. The molecule has 0 atom stereocenters. The molecule has 0 amide bonds. The van der Waals surface area contributed by atoms with E-state index in [1.165, 1.54) is 0 Å². The van der Waals surface area contributed by atoms with Crippen molar-refractivity contribution in [3.63, 3.8) is 0 Å². The molecular formula is C23H24N4O. The molecule has 3 heterocycles. The molecule has 2 aromatic carbocycles. The van der Waals surface area contributed by atoms with Gasteiger partial charge in [-0.25, -0.2) is 9.20 Å². The fraction of sp³-hybridized carbons (Fsp3) is 0.261. The van der Waals surface area contributed by atoms with Crippen molar-refractivity contribution in [2.24, 2.45) is 0 Å². The Hall–Kier alpha value is -2.89. The standard InChI is InChI=1S/C23H24N4O/c1-24-13-15-25(16-14-24)17-26-23(28)20-10-6-5-9-19(20)22-12-11-21(27(22)26)18-7-3-2-4-8-18/h2-12H,13-17H2,1H3. The minimum atomic E-state index is 0.0652. The van der Waals surface area contributed by atoms with E-state index in [0.717, 1.165) is 53.7 Å². The lowest BCUT2D eigenvalue weighted by molar-refractivity contribution is 0.116. The summed E-state index contributed by atoms with van der Waals surface area (Å²) in [6, 6.07) is 22.5. The minimum Gasteiger partial charge on any atom is -0.304 e. The molecule has 0 spiro atoms. The molecular weight excluding hydrogens is 348 g/mol. The van der Waals surface area contributed by atoms with Crippen LogP contribution in [0, 0.1) is 0 Å². The number of benzene rings is 2. The van der Waals surface area contributed by atoms with E-state index in [4.69, 9.17) is 0 Å². The van der Waals surface area contributed by atoms with Crippen molar-refractivity contribution in [3.05, 3.63) is 77.1 Å². The van der Waals surface area contributed by atoms with Gasteiger partial charge in [0.15, 0.2) is 0 Å². The normalized spacial score (nSPS) is 16.2. The van der Waals surface area contributed by atoms with E-state index in [-0.39, 0.29) is 5.56 Å². The number of nitrogens with zero attached hydrogens (tertiary/aromatic N) is 4. The van der Waals surface area contributed by atoms with Gasteiger partial charge in [-0.3, -0.25) is 9.69 Å². The highest BCUT2D eigenvalue weighted by Crippen LogP contribution is 2.26. The lowest BCUT2D eigenvalue weighted by Gasteiger charge is -2.33. The Morgan fingerprint density at radius 1 is 0.786 bits per heavy atom. The molecule has 1 fully saturated rings. The van der Waals surface area contributed by atoms with Crippen LogP contribution in [0.4, 0.5) is 0 Å². The van der Waals surface area contributed by atoms with E-state index in [1.54, 1.807) is 0 Å². The molecule has 28 heavy (non-hydrogen) atoms. The monoisotopic (exact) mass is 372 g/mol. The molecule has 5 rings (SSSR count). The van der Waals surface area contributed by atoms with Gasteiger partial charge in [-0.2, -0.15) is 0 Å². The highest BCUT2D eigenvalue weighted by Gasteiger charge is 2.19. The lowest BCUT2D eigenvalue weighted by atomic mass is 10.1. The van der Waals surface area contributed by atoms with Crippen LogP contribution in [0.25, 0.3) is 27.5 Å². The Morgan fingerprint density at radius 2 is 1.46 bits per heavy atom. The Balaban J connectivity index is 1.74. The van der Waals surface area contributed by atoms with Gasteiger partial charge in [0, 0.05) is 37.1 Å². The molecule has 5 heteroatoms. The highest BCUT2D eigenvalue weighted by atomic mass is 16.1. The van der Waals surface area contributed by atoms with E-state index in [9.17, 15) is 4.79 Å². The first-order chi connectivity index (χ1) is 13.7. The van der Waals surface area contributed by atoms with Gasteiger partial charge < -0.3 is 4.90 Å². The maximum Gasteiger partial charge on any atom is 0.274 e. The van der Waals surface area contributed by atoms with Crippen molar-refractivity contribution in [1.82, 2.24) is 19.0 Å². The molecule has 1 aliphatic heterocycles. The van der Waals surface area contributed by atoms with Crippen LogP contribution in [0.2, 0.25) is 0 Å². The summed E-state index contributed by atoms with van der Waals surface area (Å²) in [6.07, 6.45) is 0. The van der Waals surface area contributed by atoms with Gasteiger partial charge in [0.25, 0.3) is 5.56 Å². The molecule has 0 unspecified atom stereocenters. The summed E-state index contributed by atoms with van der Waals surface area (Å²) in [4.78, 5) is 18.2. The maximum atomic E-state index is 13.5. The van der Waals surface area contributed by atoms with Crippen LogP contribution in [-0.4, -0.2) is 52.2 Å². The Kier molecular flexibility index (Phi) is 4.26. The third-order valence-corrected chi connectivity index (χ3v) is 5.76. The third-order valence-electron chi connectivity index (χ3n) is 5.76. The van der Waals surface area contributed by atoms with Crippen LogP contribution >= 0.6 is 0 Å². The average Bonchev–Trinajstić information content (AvgIpc) is 3.18. The van der Waals surface area contributed by atoms with Crippen LogP contribution in [0.3, 0.4) is 0 Å². The molecule has 0 N–H and O–H groups in total. The van der Waals surface area contributed by atoms with Crippen molar-refractivity contribution in [1.29, 1.82) is 0 Å². The summed E-state index contributed by atoms with van der Waals surface area (Å²) < 4.78 is 4.02. The fourth-order valence-electron chi connectivity index (χ4n) is 4.15. The number of aromatic nitrogens is 2.